The van der Waals surface area contributed by atoms with Crippen LogP contribution in [0.4, 0.5) is 0 Å². The number of nitrogens with zero attached hydrogens (tertiary/aromatic N) is 1. The van der Waals surface area contributed by atoms with Gasteiger partial charge in [0.2, 0.25) is 5.91 Å². The lowest BCUT2D eigenvalue weighted by atomic mass is 9.72. The first-order chi connectivity index (χ1) is 12.9. The fraction of sp³-hybridized carbons (Fsp3) is 0.273. The SMILES string of the molecule is CN1C(=O)C(C(=O)/C=C/c2ccc(Cl)cc2)C2CC1(C)Oc1ccccc12. The predicted molar refractivity (Wildman–Crippen MR) is 105 cm³/mol. The Kier molecular flexibility index (Phi) is 4.31. The standard InChI is InChI=1S/C22H20ClNO3/c1-22-13-17(16-5-3-4-6-19(16)27-22)20(21(26)24(22)2)18(25)12-9-14-7-10-15(23)11-8-14/h3-12,17,20H,13H2,1-2H3/b12-9+. The molecule has 0 N–H and O–H groups in total. The summed E-state index contributed by atoms with van der Waals surface area (Å²) < 4.78 is 6.10. The molecule has 0 aromatic heterocycles. The highest BCUT2D eigenvalue weighted by atomic mass is 35.5. The van der Waals surface area contributed by atoms with Crippen LogP contribution in [-0.2, 0) is 9.59 Å². The second kappa shape index (κ2) is 6.54. The Morgan fingerprint density at radius 1 is 1.22 bits per heavy atom. The number of carbonyl (C=O) groups is 2. The van der Waals surface area contributed by atoms with Crippen LogP contribution < -0.4 is 4.74 Å². The average Bonchev–Trinajstić information content (AvgIpc) is 2.66. The second-order valence-corrected chi connectivity index (χ2v) is 7.72. The molecule has 3 unspecified atom stereocenters. The summed E-state index contributed by atoms with van der Waals surface area (Å²) >= 11 is 5.90. The molecule has 2 aliphatic heterocycles. The lowest BCUT2D eigenvalue weighted by molar-refractivity contribution is -0.170. The van der Waals surface area contributed by atoms with Gasteiger partial charge in [-0.1, -0.05) is 48.0 Å². The van der Waals surface area contributed by atoms with Gasteiger partial charge in [0.1, 0.15) is 11.7 Å². The van der Waals surface area contributed by atoms with E-state index in [0.717, 1.165) is 16.9 Å². The molecule has 4 nitrogen and oxygen atoms in total. The number of hydrogen-bond acceptors (Lipinski definition) is 3. The lowest BCUT2D eigenvalue weighted by Crippen LogP contribution is -2.62. The molecule has 3 atom stereocenters. The maximum atomic E-state index is 13.0. The predicted octanol–water partition coefficient (Wildman–Crippen LogP) is 4.29. The first-order valence-electron chi connectivity index (χ1n) is 8.92. The minimum atomic E-state index is -0.739. The normalized spacial score (nSPS) is 26.6. The zero-order valence-electron chi connectivity index (χ0n) is 15.2. The second-order valence-electron chi connectivity index (χ2n) is 7.29. The number of carbonyl (C=O) groups excluding carboxylic acids is 2. The summed E-state index contributed by atoms with van der Waals surface area (Å²) in [7, 11) is 1.70. The number of halogens is 1. The number of ether oxygens (including phenoxy) is 1. The van der Waals surface area contributed by atoms with E-state index in [9.17, 15) is 9.59 Å². The number of benzene rings is 2. The molecule has 5 heteroatoms. The Bertz CT molecular complexity index is 937. The van der Waals surface area contributed by atoms with Crippen LogP contribution in [0.25, 0.3) is 6.08 Å². The minimum absolute atomic E-state index is 0.189. The van der Waals surface area contributed by atoms with E-state index in [-0.39, 0.29) is 17.6 Å². The summed E-state index contributed by atoms with van der Waals surface area (Å²) in [6.45, 7) is 1.90. The van der Waals surface area contributed by atoms with E-state index < -0.39 is 11.6 Å². The van der Waals surface area contributed by atoms with Gasteiger partial charge in [-0.15, -0.1) is 0 Å². The number of allylic oxidation sites excluding steroid dienone is 1. The Morgan fingerprint density at radius 2 is 1.93 bits per heavy atom. The van der Waals surface area contributed by atoms with Crippen LogP contribution in [0.15, 0.2) is 54.6 Å². The maximum Gasteiger partial charge on any atom is 0.236 e. The lowest BCUT2D eigenvalue weighted by Gasteiger charge is -2.51. The summed E-state index contributed by atoms with van der Waals surface area (Å²) in [5.41, 5.74) is 1.06. The zero-order valence-corrected chi connectivity index (χ0v) is 15.9. The van der Waals surface area contributed by atoms with E-state index in [1.165, 1.54) is 6.08 Å². The Morgan fingerprint density at radius 3 is 2.67 bits per heavy atom. The Labute approximate surface area is 163 Å². The Balaban J connectivity index is 1.68. The average molecular weight is 382 g/mol. The number of fused-ring (bicyclic) bond motifs is 4. The van der Waals surface area contributed by atoms with Gasteiger partial charge in [0.15, 0.2) is 11.5 Å². The first-order valence-corrected chi connectivity index (χ1v) is 9.30. The molecule has 1 fully saturated rings. The monoisotopic (exact) mass is 381 g/mol. The minimum Gasteiger partial charge on any atom is -0.468 e. The number of hydrogen-bond donors (Lipinski definition) is 0. The molecule has 4 rings (SSSR count). The molecule has 1 amide bonds. The van der Waals surface area contributed by atoms with Crippen LogP contribution in [0.3, 0.4) is 0 Å². The molecule has 138 valence electrons. The molecule has 0 spiro atoms. The van der Waals surface area contributed by atoms with Gasteiger partial charge < -0.3 is 9.64 Å². The van der Waals surface area contributed by atoms with E-state index in [0.29, 0.717) is 11.4 Å². The summed E-state index contributed by atoms with van der Waals surface area (Å²) in [5.74, 6) is -0.572. The van der Waals surface area contributed by atoms with Gasteiger partial charge in [0.05, 0.1) is 0 Å². The quantitative estimate of drug-likeness (QED) is 0.588. The van der Waals surface area contributed by atoms with Gasteiger partial charge in [-0.25, -0.2) is 0 Å². The molecule has 2 aromatic carbocycles. The van der Waals surface area contributed by atoms with Crippen molar-refractivity contribution in [3.63, 3.8) is 0 Å². The van der Waals surface area contributed by atoms with Crippen LogP contribution >= 0.6 is 11.6 Å². The van der Waals surface area contributed by atoms with Crippen molar-refractivity contribution in [3.05, 3.63) is 70.8 Å². The number of likely N-dealkylation sites (tertiary alicyclic amines) is 1. The summed E-state index contributed by atoms with van der Waals surface area (Å²) in [5, 5.41) is 0.639. The highest BCUT2D eigenvalue weighted by molar-refractivity contribution is 6.30. The fourth-order valence-electron chi connectivity index (χ4n) is 3.97. The molecule has 0 saturated carbocycles. The van der Waals surface area contributed by atoms with Crippen molar-refractivity contribution < 1.29 is 14.3 Å². The van der Waals surface area contributed by atoms with Crippen LogP contribution in [0.5, 0.6) is 5.75 Å². The van der Waals surface area contributed by atoms with Crippen LogP contribution in [0.2, 0.25) is 5.02 Å². The van der Waals surface area contributed by atoms with Crippen LogP contribution in [-0.4, -0.2) is 29.4 Å². The fourth-order valence-corrected chi connectivity index (χ4v) is 4.09. The molecule has 2 aromatic rings. The van der Waals surface area contributed by atoms with Crippen molar-refractivity contribution >= 4 is 29.4 Å². The van der Waals surface area contributed by atoms with E-state index in [4.69, 9.17) is 16.3 Å². The van der Waals surface area contributed by atoms with E-state index in [1.807, 2.05) is 43.3 Å². The van der Waals surface area contributed by atoms with E-state index >= 15 is 0 Å². The van der Waals surface area contributed by atoms with Crippen molar-refractivity contribution in [3.8, 4) is 5.75 Å². The highest BCUT2D eigenvalue weighted by Gasteiger charge is 2.54. The smallest absolute Gasteiger partial charge is 0.236 e. The van der Waals surface area contributed by atoms with Crippen LogP contribution in [0.1, 0.15) is 30.4 Å². The molecule has 0 radical (unpaired) electrons. The first kappa shape index (κ1) is 17.8. The molecular formula is C22H20ClNO3. The molecule has 2 aliphatic rings. The van der Waals surface area contributed by atoms with E-state index in [1.54, 1.807) is 30.2 Å². The molecule has 2 heterocycles. The Hall–Kier alpha value is -2.59. The number of para-hydroxylation sites is 1. The van der Waals surface area contributed by atoms with Crippen molar-refractivity contribution in [2.45, 2.75) is 25.0 Å². The number of ketones is 1. The largest absolute Gasteiger partial charge is 0.468 e. The number of piperidine rings is 1. The summed E-state index contributed by atoms with van der Waals surface area (Å²) in [4.78, 5) is 27.6. The van der Waals surface area contributed by atoms with Crippen LogP contribution in [0, 0.1) is 5.92 Å². The topological polar surface area (TPSA) is 46.6 Å². The maximum absolute atomic E-state index is 13.0. The van der Waals surface area contributed by atoms with Gasteiger partial charge in [-0.05, 0) is 42.3 Å². The summed E-state index contributed by atoms with van der Waals surface area (Å²) in [6.07, 6.45) is 3.82. The molecule has 0 aliphatic carbocycles. The number of amides is 1. The highest BCUT2D eigenvalue weighted by Crippen LogP contribution is 2.49. The molecule has 2 bridgehead atoms. The zero-order chi connectivity index (χ0) is 19.2. The molecule has 27 heavy (non-hydrogen) atoms. The van der Waals surface area contributed by atoms with Crippen molar-refractivity contribution in [2.75, 3.05) is 7.05 Å². The van der Waals surface area contributed by atoms with Gasteiger partial charge in [-0.3, -0.25) is 9.59 Å². The van der Waals surface area contributed by atoms with Gasteiger partial charge in [0, 0.05) is 24.4 Å². The molecular weight excluding hydrogens is 362 g/mol. The third kappa shape index (κ3) is 3.04. The third-order valence-electron chi connectivity index (χ3n) is 5.57. The van der Waals surface area contributed by atoms with Crippen molar-refractivity contribution in [1.82, 2.24) is 4.90 Å². The van der Waals surface area contributed by atoms with E-state index in [2.05, 4.69) is 0 Å². The van der Waals surface area contributed by atoms with Gasteiger partial charge in [0.25, 0.3) is 0 Å². The number of rotatable bonds is 3. The summed E-state index contributed by atoms with van der Waals surface area (Å²) in [6, 6.07) is 14.9. The van der Waals surface area contributed by atoms with Crippen molar-refractivity contribution in [1.29, 1.82) is 0 Å². The third-order valence-corrected chi connectivity index (χ3v) is 5.82. The van der Waals surface area contributed by atoms with Gasteiger partial charge in [-0.2, -0.15) is 0 Å². The molecule has 1 saturated heterocycles. The van der Waals surface area contributed by atoms with Gasteiger partial charge >= 0.3 is 0 Å². The van der Waals surface area contributed by atoms with Crippen molar-refractivity contribution in [2.24, 2.45) is 5.92 Å².